The molecule has 0 aliphatic heterocycles. The third-order valence-electron chi connectivity index (χ3n) is 4.00. The molecule has 27 heavy (non-hydrogen) atoms. The predicted octanol–water partition coefficient (Wildman–Crippen LogP) is 3.95. The third-order valence-corrected chi connectivity index (χ3v) is 4.00. The molecule has 1 aromatic heterocycles. The van der Waals surface area contributed by atoms with Crippen molar-refractivity contribution in [3.63, 3.8) is 0 Å². The lowest BCUT2D eigenvalue weighted by atomic mass is 10.1. The van der Waals surface area contributed by atoms with E-state index >= 15 is 0 Å². The molecule has 0 atom stereocenters. The van der Waals surface area contributed by atoms with Crippen LogP contribution in [0.15, 0.2) is 66.9 Å². The number of amides is 1. The summed E-state index contributed by atoms with van der Waals surface area (Å²) < 4.78 is 18.8. The van der Waals surface area contributed by atoms with Crippen LogP contribution in [0.4, 0.5) is 15.9 Å². The van der Waals surface area contributed by atoms with Crippen molar-refractivity contribution in [1.29, 1.82) is 0 Å². The Bertz CT molecular complexity index is 913. The van der Waals surface area contributed by atoms with Gasteiger partial charge in [-0.25, -0.2) is 9.37 Å². The first-order valence-corrected chi connectivity index (χ1v) is 8.54. The highest BCUT2D eigenvalue weighted by molar-refractivity contribution is 5.94. The number of carbonyl (C=O) groups excluding carboxylic acids is 1. The van der Waals surface area contributed by atoms with Gasteiger partial charge in [0.05, 0.1) is 18.4 Å². The number of nitrogens with zero attached hydrogens (tertiary/aromatic N) is 1. The Kier molecular flexibility index (Phi) is 5.99. The number of aromatic nitrogens is 1. The van der Waals surface area contributed by atoms with Crippen molar-refractivity contribution in [3.8, 4) is 5.75 Å². The second-order valence-electron chi connectivity index (χ2n) is 5.89. The second-order valence-corrected chi connectivity index (χ2v) is 5.89. The van der Waals surface area contributed by atoms with E-state index < -0.39 is 0 Å². The van der Waals surface area contributed by atoms with Crippen molar-refractivity contribution in [1.82, 2.24) is 10.3 Å². The van der Waals surface area contributed by atoms with E-state index in [0.717, 1.165) is 11.3 Å². The molecule has 6 heteroatoms. The number of anilines is 2. The first-order valence-electron chi connectivity index (χ1n) is 8.54. The molecular formula is C21H20FN3O2. The van der Waals surface area contributed by atoms with Gasteiger partial charge in [0, 0.05) is 12.7 Å². The highest BCUT2D eigenvalue weighted by Crippen LogP contribution is 2.18. The summed E-state index contributed by atoms with van der Waals surface area (Å²) in [6, 6.07) is 17.4. The Balaban J connectivity index is 1.53. The summed E-state index contributed by atoms with van der Waals surface area (Å²) in [4.78, 5) is 16.4. The molecule has 0 saturated heterocycles. The first kappa shape index (κ1) is 18.4. The van der Waals surface area contributed by atoms with Gasteiger partial charge in [0.2, 0.25) is 0 Å². The van der Waals surface area contributed by atoms with Crippen LogP contribution in [0.1, 0.15) is 15.9 Å². The van der Waals surface area contributed by atoms with E-state index in [0.29, 0.717) is 30.0 Å². The molecule has 138 valence electrons. The van der Waals surface area contributed by atoms with Crippen molar-refractivity contribution >= 4 is 17.4 Å². The molecule has 0 saturated carbocycles. The minimum absolute atomic E-state index is 0.206. The number of methoxy groups -OCH3 is 1. The summed E-state index contributed by atoms with van der Waals surface area (Å²) in [6.07, 6.45) is 2.16. The van der Waals surface area contributed by atoms with Gasteiger partial charge in [-0.3, -0.25) is 4.79 Å². The van der Waals surface area contributed by atoms with Gasteiger partial charge in [0.25, 0.3) is 5.91 Å². The maximum atomic E-state index is 13.6. The van der Waals surface area contributed by atoms with Gasteiger partial charge in [-0.15, -0.1) is 0 Å². The molecule has 0 fully saturated rings. The van der Waals surface area contributed by atoms with Crippen LogP contribution in [0.2, 0.25) is 0 Å². The standard InChI is InChI=1S/C21H20FN3O2/c1-27-17-6-4-5-15(13-17)11-12-23-21(26)16-9-10-20(24-14-16)25-19-8-3-2-7-18(19)22/h2-10,13-14H,11-12H2,1H3,(H,23,26)(H,24,25). The van der Waals surface area contributed by atoms with E-state index in [1.165, 1.54) is 12.3 Å². The van der Waals surface area contributed by atoms with Crippen LogP contribution in [-0.2, 0) is 6.42 Å². The molecule has 2 N–H and O–H groups in total. The fraction of sp³-hybridized carbons (Fsp3) is 0.143. The quantitative estimate of drug-likeness (QED) is 0.666. The number of pyridine rings is 1. The Hall–Kier alpha value is -3.41. The maximum Gasteiger partial charge on any atom is 0.252 e. The molecule has 0 aliphatic rings. The van der Waals surface area contributed by atoms with Crippen molar-refractivity contribution in [2.24, 2.45) is 0 Å². The maximum absolute atomic E-state index is 13.6. The lowest BCUT2D eigenvalue weighted by Crippen LogP contribution is -2.25. The first-order chi connectivity index (χ1) is 13.2. The Morgan fingerprint density at radius 2 is 1.96 bits per heavy atom. The normalized spacial score (nSPS) is 10.3. The smallest absolute Gasteiger partial charge is 0.252 e. The van der Waals surface area contributed by atoms with Crippen LogP contribution in [0.5, 0.6) is 5.75 Å². The van der Waals surface area contributed by atoms with Gasteiger partial charge >= 0.3 is 0 Å². The predicted molar refractivity (Wildman–Crippen MR) is 103 cm³/mol. The fourth-order valence-electron chi connectivity index (χ4n) is 2.55. The number of rotatable bonds is 7. The number of benzene rings is 2. The summed E-state index contributed by atoms with van der Waals surface area (Å²) in [6.45, 7) is 0.501. The molecule has 0 bridgehead atoms. The minimum atomic E-state index is -0.362. The van der Waals surface area contributed by atoms with Crippen LogP contribution in [0.3, 0.4) is 0 Å². The Labute approximate surface area is 157 Å². The summed E-state index contributed by atoms with van der Waals surface area (Å²) in [5.74, 6) is 0.690. The van der Waals surface area contributed by atoms with E-state index in [1.807, 2.05) is 24.3 Å². The molecule has 5 nitrogen and oxygen atoms in total. The molecule has 2 aromatic carbocycles. The summed E-state index contributed by atoms with van der Waals surface area (Å²) in [5.41, 5.74) is 1.86. The van der Waals surface area contributed by atoms with Gasteiger partial charge in [-0.05, 0) is 48.4 Å². The zero-order chi connectivity index (χ0) is 19.1. The average Bonchev–Trinajstić information content (AvgIpc) is 2.70. The zero-order valence-electron chi connectivity index (χ0n) is 14.9. The topological polar surface area (TPSA) is 63.2 Å². The zero-order valence-corrected chi connectivity index (χ0v) is 14.9. The van der Waals surface area contributed by atoms with Gasteiger partial charge in [0.1, 0.15) is 17.4 Å². The molecule has 0 spiro atoms. The largest absolute Gasteiger partial charge is 0.497 e. The molecule has 0 radical (unpaired) electrons. The highest BCUT2D eigenvalue weighted by Gasteiger charge is 2.07. The molecule has 1 heterocycles. The van der Waals surface area contributed by atoms with Crippen molar-refractivity contribution in [2.45, 2.75) is 6.42 Å². The number of hydrogen-bond donors (Lipinski definition) is 2. The van der Waals surface area contributed by atoms with E-state index in [1.54, 1.807) is 37.4 Å². The minimum Gasteiger partial charge on any atom is -0.497 e. The Morgan fingerprint density at radius 3 is 2.70 bits per heavy atom. The molecule has 3 rings (SSSR count). The number of nitrogens with one attached hydrogen (secondary N) is 2. The van der Waals surface area contributed by atoms with E-state index in [9.17, 15) is 9.18 Å². The summed E-state index contributed by atoms with van der Waals surface area (Å²) in [5, 5.41) is 5.75. The van der Waals surface area contributed by atoms with Crippen LogP contribution in [-0.4, -0.2) is 24.5 Å². The van der Waals surface area contributed by atoms with E-state index in [4.69, 9.17) is 4.74 Å². The summed E-state index contributed by atoms with van der Waals surface area (Å²) >= 11 is 0. The van der Waals surface area contributed by atoms with E-state index in [-0.39, 0.29) is 11.7 Å². The van der Waals surface area contributed by atoms with Crippen molar-refractivity contribution < 1.29 is 13.9 Å². The monoisotopic (exact) mass is 365 g/mol. The number of para-hydroxylation sites is 1. The van der Waals surface area contributed by atoms with Gasteiger partial charge in [-0.2, -0.15) is 0 Å². The van der Waals surface area contributed by atoms with Crippen LogP contribution < -0.4 is 15.4 Å². The Morgan fingerprint density at radius 1 is 1.11 bits per heavy atom. The van der Waals surface area contributed by atoms with Crippen LogP contribution >= 0.6 is 0 Å². The van der Waals surface area contributed by atoms with Gasteiger partial charge < -0.3 is 15.4 Å². The molecule has 1 amide bonds. The molecular weight excluding hydrogens is 345 g/mol. The molecule has 0 unspecified atom stereocenters. The van der Waals surface area contributed by atoms with Gasteiger partial charge in [0.15, 0.2) is 0 Å². The number of ether oxygens (including phenoxy) is 1. The highest BCUT2D eigenvalue weighted by atomic mass is 19.1. The number of hydrogen-bond acceptors (Lipinski definition) is 4. The van der Waals surface area contributed by atoms with E-state index in [2.05, 4.69) is 15.6 Å². The lowest BCUT2D eigenvalue weighted by Gasteiger charge is -2.08. The third kappa shape index (κ3) is 5.04. The van der Waals surface area contributed by atoms with Gasteiger partial charge in [-0.1, -0.05) is 24.3 Å². The average molecular weight is 365 g/mol. The second kappa shape index (κ2) is 8.80. The summed E-state index contributed by atoms with van der Waals surface area (Å²) in [7, 11) is 1.62. The van der Waals surface area contributed by atoms with Crippen LogP contribution in [0, 0.1) is 5.82 Å². The van der Waals surface area contributed by atoms with Crippen molar-refractivity contribution in [2.75, 3.05) is 19.0 Å². The molecule has 0 aliphatic carbocycles. The lowest BCUT2D eigenvalue weighted by molar-refractivity contribution is 0.0954. The van der Waals surface area contributed by atoms with Crippen LogP contribution in [0.25, 0.3) is 0 Å². The fourth-order valence-corrected chi connectivity index (χ4v) is 2.55. The number of carbonyl (C=O) groups is 1. The number of halogens is 1. The van der Waals surface area contributed by atoms with Crippen molar-refractivity contribution in [3.05, 3.63) is 83.8 Å². The SMILES string of the molecule is COc1cccc(CCNC(=O)c2ccc(Nc3ccccc3F)nc2)c1. The molecule has 3 aromatic rings.